The molecule has 1 N–H and O–H groups in total. The maximum Gasteiger partial charge on any atom is 0.0672 e. The van der Waals surface area contributed by atoms with Crippen LogP contribution in [0.1, 0.15) is 30.6 Å². The second-order valence-electron chi connectivity index (χ2n) is 5.85. The minimum Gasteiger partial charge on any atom is -0.377 e. The van der Waals surface area contributed by atoms with Crippen molar-refractivity contribution in [2.45, 2.75) is 38.2 Å². The maximum absolute atomic E-state index is 6.08. The first-order chi connectivity index (χ1) is 8.84. The lowest BCUT2D eigenvalue weighted by Gasteiger charge is -2.34. The van der Waals surface area contributed by atoms with Gasteiger partial charge < -0.3 is 10.1 Å². The van der Waals surface area contributed by atoms with Crippen LogP contribution in [-0.2, 0) is 11.2 Å². The Morgan fingerprint density at radius 2 is 2.39 bits per heavy atom. The molecular formula is C15H23NOS. The molecule has 2 heterocycles. The van der Waals surface area contributed by atoms with Crippen LogP contribution in [0.25, 0.3) is 0 Å². The zero-order chi connectivity index (χ0) is 12.4. The molecule has 1 aliphatic carbocycles. The Morgan fingerprint density at radius 1 is 1.50 bits per heavy atom. The van der Waals surface area contributed by atoms with Crippen LogP contribution in [0.3, 0.4) is 0 Å². The predicted molar refractivity (Wildman–Crippen MR) is 76.1 cm³/mol. The van der Waals surface area contributed by atoms with Crippen LogP contribution in [0.4, 0.5) is 0 Å². The Hall–Kier alpha value is -0.380. The van der Waals surface area contributed by atoms with E-state index < -0.39 is 0 Å². The van der Waals surface area contributed by atoms with Gasteiger partial charge in [0.2, 0.25) is 0 Å². The van der Waals surface area contributed by atoms with E-state index in [4.69, 9.17) is 4.74 Å². The molecule has 18 heavy (non-hydrogen) atoms. The summed E-state index contributed by atoms with van der Waals surface area (Å²) in [5.41, 5.74) is 0.389. The summed E-state index contributed by atoms with van der Waals surface area (Å²) in [6.45, 7) is 2.08. The molecule has 100 valence electrons. The smallest absolute Gasteiger partial charge is 0.0672 e. The highest BCUT2D eigenvalue weighted by Crippen LogP contribution is 2.49. The van der Waals surface area contributed by atoms with Gasteiger partial charge >= 0.3 is 0 Å². The molecule has 1 aromatic rings. The molecule has 0 spiro atoms. The summed E-state index contributed by atoms with van der Waals surface area (Å²) in [5, 5.41) is 5.60. The van der Waals surface area contributed by atoms with Gasteiger partial charge in [0, 0.05) is 23.4 Å². The van der Waals surface area contributed by atoms with E-state index in [1.807, 2.05) is 11.3 Å². The highest BCUT2D eigenvalue weighted by Gasteiger charge is 2.50. The molecule has 0 aromatic carbocycles. The molecule has 0 bridgehead atoms. The summed E-state index contributed by atoms with van der Waals surface area (Å²) in [4.78, 5) is 1.52. The lowest BCUT2D eigenvalue weighted by atomic mass is 9.75. The third-order valence-corrected chi connectivity index (χ3v) is 5.47. The number of thiophene rings is 1. The van der Waals surface area contributed by atoms with Crippen LogP contribution in [0.15, 0.2) is 17.5 Å². The Balaban J connectivity index is 1.69. The van der Waals surface area contributed by atoms with E-state index in [0.29, 0.717) is 11.5 Å². The number of rotatable bonds is 6. The molecular weight excluding hydrogens is 242 g/mol. The normalized spacial score (nSPS) is 31.9. The van der Waals surface area contributed by atoms with Crippen molar-refractivity contribution >= 4 is 11.3 Å². The molecule has 2 atom stereocenters. The summed E-state index contributed by atoms with van der Waals surface area (Å²) in [5.74, 6) is 0.851. The van der Waals surface area contributed by atoms with Crippen molar-refractivity contribution in [3.63, 3.8) is 0 Å². The lowest BCUT2D eigenvalue weighted by Crippen LogP contribution is -2.41. The molecule has 2 fully saturated rings. The SMILES string of the molecule is CNCC1(CCc2cccs2)CCOC1C1CC1. The Kier molecular flexibility index (Phi) is 3.73. The fourth-order valence-corrected chi connectivity index (χ4v) is 4.18. The average molecular weight is 265 g/mol. The summed E-state index contributed by atoms with van der Waals surface area (Å²) in [6, 6.07) is 4.42. The van der Waals surface area contributed by atoms with Gasteiger partial charge in [-0.1, -0.05) is 6.07 Å². The Bertz CT molecular complexity index is 374. The molecule has 1 saturated heterocycles. The average Bonchev–Trinajstić information content (AvgIpc) is 2.92. The van der Waals surface area contributed by atoms with Gasteiger partial charge in [-0.15, -0.1) is 11.3 Å². The van der Waals surface area contributed by atoms with E-state index in [9.17, 15) is 0 Å². The third-order valence-electron chi connectivity index (χ3n) is 4.53. The Labute approximate surface area is 114 Å². The predicted octanol–water partition coefficient (Wildman–Crippen LogP) is 3.09. The minimum absolute atomic E-state index is 0.389. The first kappa shape index (κ1) is 12.6. The van der Waals surface area contributed by atoms with Crippen LogP contribution in [0.5, 0.6) is 0 Å². The number of ether oxygens (including phenoxy) is 1. The molecule has 1 aliphatic heterocycles. The van der Waals surface area contributed by atoms with E-state index >= 15 is 0 Å². The maximum atomic E-state index is 6.08. The fraction of sp³-hybridized carbons (Fsp3) is 0.733. The number of aryl methyl sites for hydroxylation is 1. The van der Waals surface area contributed by atoms with Gasteiger partial charge in [0.15, 0.2) is 0 Å². The first-order valence-corrected chi connectivity index (χ1v) is 8.01. The fourth-order valence-electron chi connectivity index (χ4n) is 3.47. The van der Waals surface area contributed by atoms with E-state index in [1.165, 1.54) is 37.0 Å². The molecule has 2 nitrogen and oxygen atoms in total. The molecule has 2 aliphatic rings. The molecule has 0 radical (unpaired) electrons. The largest absolute Gasteiger partial charge is 0.377 e. The second-order valence-corrected chi connectivity index (χ2v) is 6.88. The highest BCUT2D eigenvalue weighted by atomic mass is 32.1. The topological polar surface area (TPSA) is 21.3 Å². The van der Waals surface area contributed by atoms with Crippen LogP contribution < -0.4 is 5.32 Å². The molecule has 2 unspecified atom stereocenters. The van der Waals surface area contributed by atoms with Crippen molar-refractivity contribution in [2.75, 3.05) is 20.2 Å². The van der Waals surface area contributed by atoms with Gasteiger partial charge in [0.1, 0.15) is 0 Å². The van der Waals surface area contributed by atoms with Gasteiger partial charge in [-0.25, -0.2) is 0 Å². The van der Waals surface area contributed by atoms with Crippen LogP contribution >= 0.6 is 11.3 Å². The molecule has 3 rings (SSSR count). The van der Waals surface area contributed by atoms with Crippen molar-refractivity contribution in [3.05, 3.63) is 22.4 Å². The number of nitrogens with one attached hydrogen (secondary N) is 1. The van der Waals surface area contributed by atoms with E-state index in [1.54, 1.807) is 0 Å². The van der Waals surface area contributed by atoms with Gasteiger partial charge in [-0.05, 0) is 56.5 Å². The minimum atomic E-state index is 0.389. The Morgan fingerprint density at radius 3 is 3.06 bits per heavy atom. The summed E-state index contributed by atoms with van der Waals surface area (Å²) < 4.78 is 6.08. The van der Waals surface area contributed by atoms with Crippen molar-refractivity contribution < 1.29 is 4.74 Å². The molecule has 0 amide bonds. The second kappa shape index (κ2) is 5.32. The summed E-state index contributed by atoms with van der Waals surface area (Å²) in [7, 11) is 2.08. The molecule has 1 saturated carbocycles. The highest BCUT2D eigenvalue weighted by molar-refractivity contribution is 7.09. The van der Waals surface area contributed by atoms with Crippen molar-refractivity contribution in [2.24, 2.45) is 11.3 Å². The van der Waals surface area contributed by atoms with Gasteiger partial charge in [0.05, 0.1) is 6.10 Å². The molecule has 1 aromatic heterocycles. The first-order valence-electron chi connectivity index (χ1n) is 7.13. The summed E-state index contributed by atoms with van der Waals surface area (Å²) >= 11 is 1.89. The van der Waals surface area contributed by atoms with Crippen molar-refractivity contribution in [1.29, 1.82) is 0 Å². The van der Waals surface area contributed by atoms with Crippen molar-refractivity contribution in [1.82, 2.24) is 5.32 Å². The van der Waals surface area contributed by atoms with Gasteiger partial charge in [-0.2, -0.15) is 0 Å². The van der Waals surface area contributed by atoms with Gasteiger partial charge in [0.25, 0.3) is 0 Å². The van der Waals surface area contributed by atoms with Crippen LogP contribution in [0, 0.1) is 11.3 Å². The zero-order valence-electron chi connectivity index (χ0n) is 11.2. The summed E-state index contributed by atoms with van der Waals surface area (Å²) in [6.07, 6.45) is 7.01. The van der Waals surface area contributed by atoms with E-state index in [2.05, 4.69) is 29.9 Å². The van der Waals surface area contributed by atoms with Crippen LogP contribution in [-0.4, -0.2) is 26.3 Å². The number of hydrogen-bond donors (Lipinski definition) is 1. The van der Waals surface area contributed by atoms with E-state index in [-0.39, 0.29) is 0 Å². The third kappa shape index (κ3) is 2.49. The molecule has 3 heteroatoms. The lowest BCUT2D eigenvalue weighted by molar-refractivity contribution is 0.0276. The quantitative estimate of drug-likeness (QED) is 0.853. The van der Waals surface area contributed by atoms with Gasteiger partial charge in [-0.3, -0.25) is 0 Å². The van der Waals surface area contributed by atoms with Crippen LogP contribution in [0.2, 0.25) is 0 Å². The zero-order valence-corrected chi connectivity index (χ0v) is 12.0. The standard InChI is InChI=1S/C15H23NOS/c1-16-11-15(7-6-13-3-2-10-18-13)8-9-17-14(15)12-4-5-12/h2-3,10,12,14,16H,4-9,11H2,1H3. The van der Waals surface area contributed by atoms with E-state index in [0.717, 1.165) is 19.1 Å². The monoisotopic (exact) mass is 265 g/mol. The van der Waals surface area contributed by atoms with Crippen molar-refractivity contribution in [3.8, 4) is 0 Å². The number of hydrogen-bond acceptors (Lipinski definition) is 3.